The van der Waals surface area contributed by atoms with Crippen LogP contribution in [0.25, 0.3) is 11.1 Å². The Balaban J connectivity index is 0.965. The lowest BCUT2D eigenvalue weighted by molar-refractivity contribution is -0.147. The number of nitrogens with zero attached hydrogens (tertiary/aromatic N) is 2. The van der Waals surface area contributed by atoms with Crippen molar-refractivity contribution in [3.05, 3.63) is 147 Å². The van der Waals surface area contributed by atoms with Gasteiger partial charge < -0.3 is 29.5 Å². The molecule has 2 aliphatic heterocycles. The number of rotatable bonds is 11. The maximum Gasteiger partial charge on any atom is 0.326 e. The van der Waals surface area contributed by atoms with Crippen LogP contribution in [0.2, 0.25) is 10.0 Å². The third-order valence-electron chi connectivity index (χ3n) is 11.6. The maximum absolute atomic E-state index is 14.2. The number of aliphatic carboxylic acids is 1. The SMILES string of the molecule is N#Cc1ccc(-c2ccc(C[C@H](NC(=O)C3Cc4cc5c(cc4CN3C(=O)C3CCCCC3)O[C@@H](c3ccc(OCc4ccc(Cl)c(Cl)c4)cc3)CO5)C(=O)O)cc2)cc1. The van der Waals surface area contributed by atoms with Gasteiger partial charge in [0, 0.05) is 25.3 Å². The van der Waals surface area contributed by atoms with E-state index in [2.05, 4.69) is 11.4 Å². The molecule has 1 saturated carbocycles. The second-order valence-electron chi connectivity index (χ2n) is 15.6. The zero-order chi connectivity index (χ0) is 41.8. The van der Waals surface area contributed by atoms with Crippen LogP contribution in [0.3, 0.4) is 0 Å². The number of halogens is 2. The third-order valence-corrected chi connectivity index (χ3v) is 12.3. The van der Waals surface area contributed by atoms with Crippen molar-refractivity contribution in [1.29, 1.82) is 5.26 Å². The van der Waals surface area contributed by atoms with Gasteiger partial charge in [0.2, 0.25) is 11.8 Å². The van der Waals surface area contributed by atoms with Gasteiger partial charge in [0.25, 0.3) is 0 Å². The van der Waals surface area contributed by atoms with Crippen LogP contribution in [0, 0.1) is 17.2 Å². The molecule has 8 rings (SSSR count). The fourth-order valence-corrected chi connectivity index (χ4v) is 8.53. The van der Waals surface area contributed by atoms with Gasteiger partial charge in [0.1, 0.15) is 31.0 Å². The van der Waals surface area contributed by atoms with Gasteiger partial charge in [-0.15, -0.1) is 0 Å². The molecular formula is C48H43Cl2N3O7. The Morgan fingerprint density at radius 1 is 0.833 bits per heavy atom. The Kier molecular flexibility index (Phi) is 12.3. The molecule has 2 N–H and O–H groups in total. The minimum atomic E-state index is -1.22. The van der Waals surface area contributed by atoms with E-state index in [9.17, 15) is 19.5 Å². The maximum atomic E-state index is 14.2. The highest BCUT2D eigenvalue weighted by Gasteiger charge is 2.40. The van der Waals surface area contributed by atoms with Crippen molar-refractivity contribution in [3.8, 4) is 34.4 Å². The number of hydrogen-bond acceptors (Lipinski definition) is 7. The number of amides is 2. The van der Waals surface area contributed by atoms with E-state index in [0.717, 1.165) is 71.0 Å². The average Bonchev–Trinajstić information content (AvgIpc) is 3.28. The van der Waals surface area contributed by atoms with E-state index >= 15 is 0 Å². The molecule has 0 radical (unpaired) electrons. The van der Waals surface area contributed by atoms with E-state index < -0.39 is 24.0 Å². The molecule has 12 heteroatoms. The van der Waals surface area contributed by atoms with Crippen molar-refractivity contribution < 1.29 is 33.7 Å². The molecule has 10 nitrogen and oxygen atoms in total. The number of carboxylic acid groups (broad SMARTS) is 1. The Morgan fingerprint density at radius 3 is 2.20 bits per heavy atom. The second kappa shape index (κ2) is 18.1. The summed E-state index contributed by atoms with van der Waals surface area (Å²) in [6.45, 7) is 0.779. The standard InChI is InChI=1S/C48H43Cl2N3O7/c49-39-19-10-31(20-40(39)50)27-58-38-17-15-34(16-18-38)45-28-59-43-23-36-22-42(53(26-37(36)24-44(43)60-45)47(55)35-4-2-1-3-5-35)46(54)52-41(48(56)57)21-29-6-11-32(12-7-29)33-13-8-30(25-51)9-14-33/h6-20,23-24,35,41-42,45H,1-5,21-22,26-28H2,(H,52,54)(H,56,57)/t41-,42?,45+/m0/s1. The van der Waals surface area contributed by atoms with Gasteiger partial charge in [-0.3, -0.25) is 9.59 Å². The number of ether oxygens (including phenoxy) is 3. The Labute approximate surface area is 358 Å². The summed E-state index contributed by atoms with van der Waals surface area (Å²) >= 11 is 12.2. The molecule has 5 aromatic rings. The topological polar surface area (TPSA) is 138 Å². The number of benzene rings is 5. The van der Waals surface area contributed by atoms with Crippen LogP contribution in [0.4, 0.5) is 0 Å². The van der Waals surface area contributed by atoms with Crippen molar-refractivity contribution in [3.63, 3.8) is 0 Å². The summed E-state index contributed by atoms with van der Waals surface area (Å²) in [5.74, 6) is -0.175. The normalized spacial score (nSPS) is 17.8. The van der Waals surface area contributed by atoms with Crippen molar-refractivity contribution >= 4 is 41.0 Å². The predicted molar refractivity (Wildman–Crippen MR) is 227 cm³/mol. The van der Waals surface area contributed by atoms with Crippen molar-refractivity contribution in [2.45, 2.75) is 76.3 Å². The minimum absolute atomic E-state index is 0.0585. The van der Waals surface area contributed by atoms with Gasteiger partial charge in [-0.2, -0.15) is 5.26 Å². The first kappa shape index (κ1) is 40.7. The van der Waals surface area contributed by atoms with E-state index in [-0.39, 0.29) is 43.9 Å². The Hall–Kier alpha value is -6.02. The van der Waals surface area contributed by atoms with E-state index in [1.165, 1.54) is 0 Å². The fraction of sp³-hybridized carbons (Fsp3) is 0.292. The average molecular weight is 845 g/mol. The molecule has 3 atom stereocenters. The van der Waals surface area contributed by atoms with Crippen LogP contribution in [-0.2, 0) is 40.4 Å². The highest BCUT2D eigenvalue weighted by molar-refractivity contribution is 6.42. The lowest BCUT2D eigenvalue weighted by Gasteiger charge is -2.39. The molecule has 0 spiro atoms. The van der Waals surface area contributed by atoms with Crippen molar-refractivity contribution in [2.75, 3.05) is 6.61 Å². The summed E-state index contributed by atoms with van der Waals surface area (Å²) < 4.78 is 18.7. The second-order valence-corrected chi connectivity index (χ2v) is 16.4. The van der Waals surface area contributed by atoms with Crippen LogP contribution < -0.4 is 19.5 Å². The summed E-state index contributed by atoms with van der Waals surface area (Å²) in [6.07, 6.45) is 4.37. The number of hydrogen-bond donors (Lipinski definition) is 2. The molecule has 1 aliphatic carbocycles. The quantitative estimate of drug-likeness (QED) is 0.134. The van der Waals surface area contributed by atoms with E-state index in [0.29, 0.717) is 39.5 Å². The summed E-state index contributed by atoms with van der Waals surface area (Å²) in [6, 6.07) is 31.5. The number of fused-ring (bicyclic) bond motifs is 2. The summed E-state index contributed by atoms with van der Waals surface area (Å²) in [5.41, 5.74) is 6.64. The monoisotopic (exact) mass is 843 g/mol. The number of carbonyl (C=O) groups excluding carboxylic acids is 2. The van der Waals surface area contributed by atoms with Gasteiger partial charge in [-0.25, -0.2) is 4.79 Å². The summed E-state index contributed by atoms with van der Waals surface area (Å²) in [5, 5.41) is 23.1. The molecule has 60 heavy (non-hydrogen) atoms. The zero-order valence-corrected chi connectivity index (χ0v) is 34.3. The first-order valence-electron chi connectivity index (χ1n) is 20.2. The van der Waals surface area contributed by atoms with Gasteiger partial charge in [-0.05, 0) is 100 Å². The molecule has 2 heterocycles. The molecule has 1 fully saturated rings. The molecule has 1 unspecified atom stereocenters. The van der Waals surface area contributed by atoms with E-state index in [1.54, 1.807) is 29.2 Å². The van der Waals surface area contributed by atoms with Crippen LogP contribution in [0.1, 0.15) is 71.6 Å². The van der Waals surface area contributed by atoms with Crippen LogP contribution in [-0.4, -0.2) is 46.5 Å². The number of carbonyl (C=O) groups is 3. The third kappa shape index (κ3) is 9.23. The van der Waals surface area contributed by atoms with Crippen molar-refractivity contribution in [2.24, 2.45) is 5.92 Å². The first-order chi connectivity index (χ1) is 29.1. The lowest BCUT2D eigenvalue weighted by atomic mass is 9.85. The zero-order valence-electron chi connectivity index (χ0n) is 32.7. The van der Waals surface area contributed by atoms with Crippen LogP contribution in [0.5, 0.6) is 17.2 Å². The molecule has 0 bridgehead atoms. The number of nitrogens with one attached hydrogen (secondary N) is 1. The Bertz CT molecular complexity index is 2430. The molecule has 306 valence electrons. The van der Waals surface area contributed by atoms with E-state index in [1.807, 2.05) is 78.9 Å². The number of nitriles is 1. The lowest BCUT2D eigenvalue weighted by Crippen LogP contribution is -2.57. The molecular weight excluding hydrogens is 801 g/mol. The molecule has 2 amide bonds. The smallest absolute Gasteiger partial charge is 0.326 e. The molecule has 3 aliphatic rings. The van der Waals surface area contributed by atoms with E-state index in [4.69, 9.17) is 42.7 Å². The highest BCUT2D eigenvalue weighted by Crippen LogP contribution is 2.41. The fourth-order valence-electron chi connectivity index (χ4n) is 8.21. The highest BCUT2D eigenvalue weighted by atomic mass is 35.5. The van der Waals surface area contributed by atoms with Gasteiger partial charge >= 0.3 is 5.97 Å². The first-order valence-corrected chi connectivity index (χ1v) is 20.9. The summed E-state index contributed by atoms with van der Waals surface area (Å²) in [7, 11) is 0. The molecule has 5 aromatic carbocycles. The minimum Gasteiger partial charge on any atom is -0.489 e. The predicted octanol–water partition coefficient (Wildman–Crippen LogP) is 9.27. The van der Waals surface area contributed by atoms with Crippen molar-refractivity contribution in [1.82, 2.24) is 10.2 Å². The van der Waals surface area contributed by atoms with Crippen LogP contribution >= 0.6 is 23.2 Å². The molecule has 0 aromatic heterocycles. The number of carboxylic acids is 1. The van der Waals surface area contributed by atoms with Gasteiger partial charge in [0.05, 0.1) is 21.7 Å². The summed E-state index contributed by atoms with van der Waals surface area (Å²) in [4.78, 5) is 42.6. The Morgan fingerprint density at radius 2 is 1.52 bits per heavy atom. The van der Waals surface area contributed by atoms with Gasteiger partial charge in [-0.1, -0.05) is 97.1 Å². The largest absolute Gasteiger partial charge is 0.489 e. The molecule has 0 saturated heterocycles. The van der Waals surface area contributed by atoms with Crippen LogP contribution in [0.15, 0.2) is 103 Å². The van der Waals surface area contributed by atoms with Gasteiger partial charge in [0.15, 0.2) is 17.6 Å².